The number of Topliss-reactive ketones (excluding diaryl/α,β-unsaturated/α-hetero) is 1. The van der Waals surface area contributed by atoms with Crippen LogP contribution in [0, 0.1) is 11.8 Å². The minimum atomic E-state index is -1.16. The third-order valence-electron chi connectivity index (χ3n) is 4.25. The first kappa shape index (κ1) is 19.6. The van der Waals surface area contributed by atoms with Gasteiger partial charge in [-0.2, -0.15) is 0 Å². The number of aliphatic hydroxyl groups is 2. The van der Waals surface area contributed by atoms with Crippen LogP contribution in [0.5, 0.6) is 0 Å². The van der Waals surface area contributed by atoms with Gasteiger partial charge in [0.05, 0.1) is 6.10 Å². The van der Waals surface area contributed by atoms with E-state index in [1.54, 1.807) is 6.92 Å². The topological polar surface area (TPSA) is 57.5 Å². The summed E-state index contributed by atoms with van der Waals surface area (Å²) in [5.41, 5.74) is 1.23. The Kier molecular flexibility index (Phi) is 8.21. The zero-order valence-corrected chi connectivity index (χ0v) is 14.7. The molecule has 0 aromatic carbocycles. The Morgan fingerprint density at radius 3 is 2.70 bits per heavy atom. The van der Waals surface area contributed by atoms with Crippen molar-refractivity contribution in [1.82, 2.24) is 0 Å². The molecule has 1 rings (SSSR count). The van der Waals surface area contributed by atoms with Gasteiger partial charge in [-0.3, -0.25) is 4.79 Å². The Labute approximate surface area is 140 Å². The molecule has 4 atom stereocenters. The van der Waals surface area contributed by atoms with Crippen molar-refractivity contribution in [2.45, 2.75) is 59.2 Å². The third kappa shape index (κ3) is 5.92. The van der Waals surface area contributed by atoms with E-state index in [0.717, 1.165) is 12.0 Å². The van der Waals surface area contributed by atoms with E-state index < -0.39 is 18.1 Å². The molecule has 0 aromatic heterocycles. The molecule has 3 heteroatoms. The first-order valence-corrected chi connectivity index (χ1v) is 8.48. The van der Waals surface area contributed by atoms with Crippen LogP contribution in [0.15, 0.2) is 47.6 Å². The molecule has 4 unspecified atom stereocenters. The van der Waals surface area contributed by atoms with Gasteiger partial charge < -0.3 is 10.2 Å². The van der Waals surface area contributed by atoms with Gasteiger partial charge in [-0.05, 0) is 37.8 Å². The summed E-state index contributed by atoms with van der Waals surface area (Å²) < 4.78 is 0. The Morgan fingerprint density at radius 1 is 1.35 bits per heavy atom. The second kappa shape index (κ2) is 9.64. The average Bonchev–Trinajstić information content (AvgIpc) is 2.49. The number of aliphatic hydroxyl groups excluding tert-OH is 2. The summed E-state index contributed by atoms with van der Waals surface area (Å²) in [6, 6.07) is 0. The van der Waals surface area contributed by atoms with Crippen molar-refractivity contribution in [3.63, 3.8) is 0 Å². The molecule has 128 valence electrons. The van der Waals surface area contributed by atoms with Crippen molar-refractivity contribution >= 4 is 5.78 Å². The Hall–Kier alpha value is -1.45. The van der Waals surface area contributed by atoms with Gasteiger partial charge in [-0.15, -0.1) is 0 Å². The smallest absolute Gasteiger partial charge is 0.187 e. The number of allylic oxidation sites excluding steroid dienone is 5. The second-order valence-corrected chi connectivity index (χ2v) is 6.40. The van der Waals surface area contributed by atoms with Crippen molar-refractivity contribution in [3.8, 4) is 0 Å². The SMILES string of the molecule is CCCCC=CC(C)C=CC=C(C)C1C(O)C=C(C)C(=O)C1O. The van der Waals surface area contributed by atoms with E-state index in [4.69, 9.17) is 0 Å². The minimum Gasteiger partial charge on any atom is -0.388 e. The summed E-state index contributed by atoms with van der Waals surface area (Å²) >= 11 is 0. The number of rotatable bonds is 7. The van der Waals surface area contributed by atoms with E-state index in [0.29, 0.717) is 11.5 Å². The zero-order chi connectivity index (χ0) is 17.4. The second-order valence-electron chi connectivity index (χ2n) is 6.40. The van der Waals surface area contributed by atoms with Crippen molar-refractivity contribution in [3.05, 3.63) is 47.6 Å². The van der Waals surface area contributed by atoms with Gasteiger partial charge >= 0.3 is 0 Å². The van der Waals surface area contributed by atoms with Crippen LogP contribution in [0.4, 0.5) is 0 Å². The molecule has 0 aromatic rings. The standard InChI is InChI=1S/C20H30O3/c1-5-6-7-8-10-14(2)11-9-12-15(3)18-17(21)13-16(4)19(22)20(18)23/h8-14,17-18,20-21,23H,5-7H2,1-4H3. The normalized spacial score (nSPS) is 27.7. The van der Waals surface area contributed by atoms with Gasteiger partial charge in [0, 0.05) is 5.92 Å². The fourth-order valence-corrected chi connectivity index (χ4v) is 2.73. The van der Waals surface area contributed by atoms with Crippen LogP contribution < -0.4 is 0 Å². The Morgan fingerprint density at radius 2 is 2.04 bits per heavy atom. The molecule has 1 aliphatic carbocycles. The lowest BCUT2D eigenvalue weighted by Gasteiger charge is -2.30. The van der Waals surface area contributed by atoms with E-state index in [-0.39, 0.29) is 5.78 Å². The maximum absolute atomic E-state index is 11.9. The summed E-state index contributed by atoms with van der Waals surface area (Å²) in [6.45, 7) is 7.75. The Balaban J connectivity index is 2.68. The quantitative estimate of drug-likeness (QED) is 0.427. The van der Waals surface area contributed by atoms with E-state index in [2.05, 4.69) is 32.1 Å². The first-order valence-electron chi connectivity index (χ1n) is 8.48. The first-order chi connectivity index (χ1) is 10.9. The zero-order valence-electron chi connectivity index (χ0n) is 14.7. The molecule has 0 heterocycles. The molecule has 0 saturated carbocycles. The molecule has 0 amide bonds. The molecule has 23 heavy (non-hydrogen) atoms. The monoisotopic (exact) mass is 318 g/mol. The molecule has 0 radical (unpaired) electrons. The third-order valence-corrected chi connectivity index (χ3v) is 4.25. The van der Waals surface area contributed by atoms with Crippen LogP contribution in [0.3, 0.4) is 0 Å². The van der Waals surface area contributed by atoms with Gasteiger partial charge in [0.2, 0.25) is 0 Å². The molecule has 0 bridgehead atoms. The lowest BCUT2D eigenvalue weighted by atomic mass is 9.80. The predicted molar refractivity (Wildman–Crippen MR) is 95.0 cm³/mol. The van der Waals surface area contributed by atoms with Gasteiger partial charge in [0.15, 0.2) is 5.78 Å². The number of carbonyl (C=O) groups excluding carboxylic acids is 1. The number of carbonyl (C=O) groups is 1. The van der Waals surface area contributed by atoms with Crippen molar-refractivity contribution in [2.75, 3.05) is 0 Å². The largest absolute Gasteiger partial charge is 0.388 e. The highest BCUT2D eigenvalue weighted by molar-refractivity contribution is 5.99. The lowest BCUT2D eigenvalue weighted by Crippen LogP contribution is -2.41. The van der Waals surface area contributed by atoms with E-state index in [1.807, 2.05) is 19.1 Å². The lowest BCUT2D eigenvalue weighted by molar-refractivity contribution is -0.128. The molecule has 3 nitrogen and oxygen atoms in total. The fraction of sp³-hybridized carbons (Fsp3) is 0.550. The van der Waals surface area contributed by atoms with Crippen LogP contribution in [0.2, 0.25) is 0 Å². The van der Waals surface area contributed by atoms with Gasteiger partial charge in [-0.25, -0.2) is 0 Å². The summed E-state index contributed by atoms with van der Waals surface area (Å²) in [4.78, 5) is 11.9. The Bertz CT molecular complexity index is 511. The van der Waals surface area contributed by atoms with Gasteiger partial charge in [0.1, 0.15) is 6.10 Å². The maximum atomic E-state index is 11.9. The molecule has 0 saturated heterocycles. The summed E-state index contributed by atoms with van der Waals surface area (Å²) in [5.74, 6) is -0.531. The molecule has 2 N–H and O–H groups in total. The van der Waals surface area contributed by atoms with Crippen LogP contribution in [0.25, 0.3) is 0 Å². The summed E-state index contributed by atoms with van der Waals surface area (Å²) in [5, 5.41) is 20.2. The van der Waals surface area contributed by atoms with Crippen molar-refractivity contribution in [2.24, 2.45) is 11.8 Å². The number of hydrogen-bond donors (Lipinski definition) is 2. The summed E-state index contributed by atoms with van der Waals surface area (Å²) in [6.07, 6.45) is 13.3. The van der Waals surface area contributed by atoms with Gasteiger partial charge in [0.25, 0.3) is 0 Å². The predicted octanol–water partition coefficient (Wildman–Crippen LogP) is 3.74. The van der Waals surface area contributed by atoms with Crippen LogP contribution in [-0.2, 0) is 4.79 Å². The highest BCUT2D eigenvalue weighted by atomic mass is 16.3. The van der Waals surface area contributed by atoms with Crippen molar-refractivity contribution < 1.29 is 15.0 Å². The maximum Gasteiger partial charge on any atom is 0.187 e. The van der Waals surface area contributed by atoms with E-state index in [1.165, 1.54) is 18.9 Å². The van der Waals surface area contributed by atoms with E-state index in [9.17, 15) is 15.0 Å². The van der Waals surface area contributed by atoms with Gasteiger partial charge in [-0.1, -0.05) is 62.6 Å². The van der Waals surface area contributed by atoms with Crippen LogP contribution >= 0.6 is 0 Å². The molecule has 0 fully saturated rings. The number of hydrogen-bond acceptors (Lipinski definition) is 3. The molecular formula is C20H30O3. The number of unbranched alkanes of at least 4 members (excludes halogenated alkanes) is 2. The van der Waals surface area contributed by atoms with Crippen LogP contribution in [-0.4, -0.2) is 28.2 Å². The highest BCUT2D eigenvalue weighted by Gasteiger charge is 2.36. The number of ketones is 1. The molecular weight excluding hydrogens is 288 g/mol. The van der Waals surface area contributed by atoms with E-state index >= 15 is 0 Å². The van der Waals surface area contributed by atoms with Crippen molar-refractivity contribution in [1.29, 1.82) is 0 Å². The fourth-order valence-electron chi connectivity index (χ4n) is 2.73. The molecule has 1 aliphatic rings. The minimum absolute atomic E-state index is 0.302. The summed E-state index contributed by atoms with van der Waals surface area (Å²) in [7, 11) is 0. The average molecular weight is 318 g/mol. The molecule has 0 spiro atoms. The molecule has 0 aliphatic heterocycles. The van der Waals surface area contributed by atoms with Crippen LogP contribution in [0.1, 0.15) is 47.0 Å². The highest BCUT2D eigenvalue weighted by Crippen LogP contribution is 2.28.